The van der Waals surface area contributed by atoms with E-state index in [0.29, 0.717) is 18.3 Å². The summed E-state index contributed by atoms with van der Waals surface area (Å²) >= 11 is 0. The topological polar surface area (TPSA) is 81.6 Å². The first kappa shape index (κ1) is 14.6. The predicted octanol–water partition coefficient (Wildman–Crippen LogP) is 2.31. The summed E-state index contributed by atoms with van der Waals surface area (Å²) in [6.45, 7) is 2.75. The first-order valence-corrected chi connectivity index (χ1v) is 6.89. The summed E-state index contributed by atoms with van der Waals surface area (Å²) in [6, 6.07) is 5.69. The highest BCUT2D eigenvalue weighted by atomic mass is 16.6. The highest BCUT2D eigenvalue weighted by Gasteiger charge is 2.28. The number of hydrogen-bond donors (Lipinski definition) is 1. The average molecular weight is 279 g/mol. The number of rotatable bonds is 4. The Bertz CT molecular complexity index is 493. The fourth-order valence-electron chi connectivity index (χ4n) is 2.96. The largest absolute Gasteiger partial charge is 0.490 e. The Kier molecular flexibility index (Phi) is 4.44. The van der Waals surface area contributed by atoms with Crippen LogP contribution in [0.1, 0.15) is 26.2 Å². The Labute approximate surface area is 118 Å². The van der Waals surface area contributed by atoms with E-state index < -0.39 is 4.92 Å². The van der Waals surface area contributed by atoms with E-state index in [4.69, 9.17) is 10.5 Å². The Hall–Kier alpha value is -1.82. The Morgan fingerprint density at radius 3 is 2.85 bits per heavy atom. The van der Waals surface area contributed by atoms with Crippen LogP contribution in [0, 0.1) is 10.1 Å². The third kappa shape index (κ3) is 2.70. The molecule has 1 aliphatic rings. The highest BCUT2D eigenvalue weighted by molar-refractivity contribution is 5.60. The SMILES string of the molecule is COc1cc(N2C(C)CCCC2CN)ccc1[N+](=O)[O-]. The Morgan fingerprint density at radius 1 is 1.50 bits per heavy atom. The van der Waals surface area contributed by atoms with Crippen molar-refractivity contribution in [2.45, 2.75) is 38.3 Å². The van der Waals surface area contributed by atoms with E-state index in [9.17, 15) is 10.1 Å². The van der Waals surface area contributed by atoms with Crippen LogP contribution in [-0.2, 0) is 0 Å². The first-order chi connectivity index (χ1) is 9.58. The van der Waals surface area contributed by atoms with Crippen LogP contribution in [0.4, 0.5) is 11.4 Å². The van der Waals surface area contributed by atoms with Gasteiger partial charge in [-0.15, -0.1) is 0 Å². The number of nitro groups is 1. The Morgan fingerprint density at radius 2 is 2.25 bits per heavy atom. The standard InChI is InChI=1S/C14H21N3O3/c1-10-4-3-5-12(9-15)16(10)11-6-7-13(17(18)19)14(8-11)20-2/h6-8,10,12H,3-5,9,15H2,1-2H3. The summed E-state index contributed by atoms with van der Waals surface area (Å²) in [5.74, 6) is 0.293. The molecule has 1 saturated heterocycles. The number of benzene rings is 1. The van der Waals surface area contributed by atoms with Crippen LogP contribution in [0.5, 0.6) is 5.75 Å². The average Bonchev–Trinajstić information content (AvgIpc) is 2.46. The minimum atomic E-state index is -0.428. The molecule has 0 bridgehead atoms. The molecule has 20 heavy (non-hydrogen) atoms. The fourth-order valence-corrected chi connectivity index (χ4v) is 2.96. The molecule has 0 radical (unpaired) electrons. The smallest absolute Gasteiger partial charge is 0.311 e. The summed E-state index contributed by atoms with van der Waals surface area (Å²) in [6.07, 6.45) is 3.33. The molecule has 0 saturated carbocycles. The molecular weight excluding hydrogens is 258 g/mol. The number of nitrogens with zero attached hydrogens (tertiary/aromatic N) is 2. The molecule has 2 N–H and O–H groups in total. The lowest BCUT2D eigenvalue weighted by molar-refractivity contribution is -0.385. The molecule has 1 aromatic carbocycles. The van der Waals surface area contributed by atoms with Gasteiger partial charge in [0, 0.05) is 36.4 Å². The third-order valence-corrected chi connectivity index (χ3v) is 3.96. The molecule has 1 heterocycles. The number of nitrogens with two attached hydrogens (primary N) is 1. The minimum absolute atomic E-state index is 0.00906. The second kappa shape index (κ2) is 6.09. The van der Waals surface area contributed by atoms with Crippen molar-refractivity contribution < 1.29 is 9.66 Å². The normalized spacial score (nSPS) is 22.6. The molecule has 1 aromatic rings. The number of hydrogen-bond acceptors (Lipinski definition) is 5. The molecule has 0 amide bonds. The van der Waals surface area contributed by atoms with Crippen molar-refractivity contribution >= 4 is 11.4 Å². The van der Waals surface area contributed by atoms with E-state index in [1.807, 2.05) is 0 Å². The lowest BCUT2D eigenvalue weighted by Gasteiger charge is -2.42. The van der Waals surface area contributed by atoms with Gasteiger partial charge in [-0.1, -0.05) is 0 Å². The number of anilines is 1. The summed E-state index contributed by atoms with van der Waals surface area (Å²) in [7, 11) is 1.45. The van der Waals surface area contributed by atoms with E-state index in [2.05, 4.69) is 11.8 Å². The predicted molar refractivity (Wildman–Crippen MR) is 78.3 cm³/mol. The molecule has 6 heteroatoms. The molecule has 1 fully saturated rings. The van der Waals surface area contributed by atoms with Crippen molar-refractivity contribution in [3.05, 3.63) is 28.3 Å². The number of ether oxygens (including phenoxy) is 1. The highest BCUT2D eigenvalue weighted by Crippen LogP contribution is 2.35. The Balaban J connectivity index is 2.38. The van der Waals surface area contributed by atoms with Gasteiger partial charge in [0.1, 0.15) is 0 Å². The molecule has 6 nitrogen and oxygen atoms in total. The molecule has 2 unspecified atom stereocenters. The van der Waals surface area contributed by atoms with Gasteiger partial charge in [0.05, 0.1) is 12.0 Å². The van der Waals surface area contributed by atoms with Gasteiger partial charge in [0.25, 0.3) is 0 Å². The summed E-state index contributed by atoms with van der Waals surface area (Å²) in [4.78, 5) is 12.8. The van der Waals surface area contributed by atoms with Crippen LogP contribution >= 0.6 is 0 Å². The van der Waals surface area contributed by atoms with E-state index in [1.54, 1.807) is 12.1 Å². The maximum absolute atomic E-state index is 10.9. The van der Waals surface area contributed by atoms with Gasteiger partial charge in [-0.25, -0.2) is 0 Å². The monoisotopic (exact) mass is 279 g/mol. The van der Waals surface area contributed by atoms with Gasteiger partial charge in [-0.05, 0) is 32.3 Å². The van der Waals surface area contributed by atoms with E-state index in [0.717, 1.165) is 18.5 Å². The fraction of sp³-hybridized carbons (Fsp3) is 0.571. The van der Waals surface area contributed by atoms with Crippen LogP contribution in [0.15, 0.2) is 18.2 Å². The van der Waals surface area contributed by atoms with Crippen LogP contribution in [-0.4, -0.2) is 30.7 Å². The number of piperidine rings is 1. The van der Waals surface area contributed by atoms with Crippen molar-refractivity contribution in [1.82, 2.24) is 0 Å². The van der Waals surface area contributed by atoms with Crippen LogP contribution in [0.25, 0.3) is 0 Å². The van der Waals surface area contributed by atoms with Crippen molar-refractivity contribution in [3.8, 4) is 5.75 Å². The van der Waals surface area contributed by atoms with Gasteiger partial charge in [0.15, 0.2) is 5.75 Å². The molecule has 0 aliphatic carbocycles. The zero-order chi connectivity index (χ0) is 14.7. The molecular formula is C14H21N3O3. The lowest BCUT2D eigenvalue weighted by Crippen LogP contribution is -2.49. The van der Waals surface area contributed by atoms with E-state index >= 15 is 0 Å². The first-order valence-electron chi connectivity index (χ1n) is 6.89. The van der Waals surface area contributed by atoms with Gasteiger partial charge in [-0.3, -0.25) is 10.1 Å². The van der Waals surface area contributed by atoms with Crippen molar-refractivity contribution in [3.63, 3.8) is 0 Å². The van der Waals surface area contributed by atoms with Crippen LogP contribution in [0.3, 0.4) is 0 Å². The third-order valence-electron chi connectivity index (χ3n) is 3.96. The van der Waals surface area contributed by atoms with Gasteiger partial charge < -0.3 is 15.4 Å². The zero-order valence-corrected chi connectivity index (χ0v) is 11.9. The second-order valence-corrected chi connectivity index (χ2v) is 5.19. The number of nitro benzene ring substituents is 1. The zero-order valence-electron chi connectivity index (χ0n) is 11.9. The maximum Gasteiger partial charge on any atom is 0.311 e. The summed E-state index contributed by atoms with van der Waals surface area (Å²) < 4.78 is 5.14. The summed E-state index contributed by atoms with van der Waals surface area (Å²) in [5.41, 5.74) is 6.79. The van der Waals surface area contributed by atoms with Gasteiger partial charge in [-0.2, -0.15) is 0 Å². The second-order valence-electron chi connectivity index (χ2n) is 5.19. The summed E-state index contributed by atoms with van der Waals surface area (Å²) in [5, 5.41) is 10.9. The quantitative estimate of drug-likeness (QED) is 0.675. The van der Waals surface area contributed by atoms with Crippen LogP contribution < -0.4 is 15.4 Å². The lowest BCUT2D eigenvalue weighted by atomic mass is 9.95. The van der Waals surface area contributed by atoms with Crippen LogP contribution in [0.2, 0.25) is 0 Å². The van der Waals surface area contributed by atoms with Crippen molar-refractivity contribution in [2.24, 2.45) is 5.73 Å². The molecule has 2 rings (SSSR count). The maximum atomic E-state index is 10.9. The van der Waals surface area contributed by atoms with Crippen molar-refractivity contribution in [2.75, 3.05) is 18.6 Å². The van der Waals surface area contributed by atoms with Gasteiger partial charge >= 0.3 is 5.69 Å². The van der Waals surface area contributed by atoms with E-state index in [1.165, 1.54) is 19.6 Å². The molecule has 0 aromatic heterocycles. The molecule has 2 atom stereocenters. The molecule has 1 aliphatic heterocycles. The minimum Gasteiger partial charge on any atom is -0.490 e. The molecule has 110 valence electrons. The van der Waals surface area contributed by atoms with Crippen molar-refractivity contribution in [1.29, 1.82) is 0 Å². The number of methoxy groups -OCH3 is 1. The van der Waals surface area contributed by atoms with Gasteiger partial charge in [0.2, 0.25) is 0 Å². The van der Waals surface area contributed by atoms with E-state index in [-0.39, 0.29) is 11.7 Å². The molecule has 0 spiro atoms.